The first kappa shape index (κ1) is 14.4. The molecule has 0 bridgehead atoms. The lowest BCUT2D eigenvalue weighted by Gasteiger charge is -2.23. The van der Waals surface area contributed by atoms with Crippen molar-refractivity contribution in [3.8, 4) is 0 Å². The summed E-state index contributed by atoms with van der Waals surface area (Å²) < 4.78 is 18.6. The number of hydrogen-bond donors (Lipinski definition) is 2. The average Bonchev–Trinajstić information content (AvgIpc) is 2.45. The van der Waals surface area contributed by atoms with Gasteiger partial charge in [-0.05, 0) is 6.07 Å². The van der Waals surface area contributed by atoms with Gasteiger partial charge in [-0.25, -0.2) is 4.39 Å². The summed E-state index contributed by atoms with van der Waals surface area (Å²) in [4.78, 5) is 21.7. The van der Waals surface area contributed by atoms with E-state index in [4.69, 9.17) is 4.74 Å². The zero-order valence-corrected chi connectivity index (χ0v) is 10.6. The van der Waals surface area contributed by atoms with Crippen LogP contribution in [-0.2, 0) is 4.74 Å². The van der Waals surface area contributed by atoms with Crippen molar-refractivity contribution in [2.24, 2.45) is 0 Å². The van der Waals surface area contributed by atoms with E-state index >= 15 is 0 Å². The minimum atomic E-state index is -0.820. The highest BCUT2D eigenvalue weighted by molar-refractivity contribution is 5.94. The number of ether oxygens (including phenoxy) is 1. The van der Waals surface area contributed by atoms with Gasteiger partial charge >= 0.3 is 0 Å². The number of benzene rings is 1. The average molecular weight is 283 g/mol. The molecule has 1 fully saturated rings. The second kappa shape index (κ2) is 6.40. The van der Waals surface area contributed by atoms with Crippen LogP contribution >= 0.6 is 0 Å². The van der Waals surface area contributed by atoms with E-state index in [-0.39, 0.29) is 18.2 Å². The van der Waals surface area contributed by atoms with Crippen molar-refractivity contribution in [2.45, 2.75) is 6.10 Å². The van der Waals surface area contributed by atoms with Gasteiger partial charge in [0, 0.05) is 31.3 Å². The first-order chi connectivity index (χ1) is 9.56. The van der Waals surface area contributed by atoms with Crippen LogP contribution in [-0.4, -0.2) is 43.2 Å². The second-order valence-electron chi connectivity index (χ2n) is 4.36. The number of morpholine rings is 1. The normalized spacial score (nSPS) is 18.6. The molecular weight excluding hydrogens is 269 g/mol. The summed E-state index contributed by atoms with van der Waals surface area (Å²) in [6, 6.07) is 2.77. The fourth-order valence-electron chi connectivity index (χ4n) is 1.87. The monoisotopic (exact) mass is 283 g/mol. The van der Waals surface area contributed by atoms with Crippen molar-refractivity contribution < 1.29 is 18.8 Å². The molecule has 20 heavy (non-hydrogen) atoms. The minimum Gasteiger partial charge on any atom is -0.374 e. The third kappa shape index (κ3) is 3.72. The van der Waals surface area contributed by atoms with E-state index in [1.165, 1.54) is 0 Å². The number of nitro benzene ring substituents is 1. The fraction of sp³-hybridized carbons (Fsp3) is 0.417. The Labute approximate surface area is 114 Å². The van der Waals surface area contributed by atoms with Crippen LogP contribution in [0.4, 0.5) is 10.1 Å². The van der Waals surface area contributed by atoms with Crippen LogP contribution in [0.25, 0.3) is 0 Å². The van der Waals surface area contributed by atoms with Gasteiger partial charge in [-0.15, -0.1) is 0 Å². The first-order valence-corrected chi connectivity index (χ1v) is 6.12. The van der Waals surface area contributed by atoms with Crippen molar-refractivity contribution in [3.05, 3.63) is 39.7 Å². The largest absolute Gasteiger partial charge is 0.374 e. The molecule has 0 spiro atoms. The summed E-state index contributed by atoms with van der Waals surface area (Å²) in [6.07, 6.45) is -0.156. The maximum Gasteiger partial charge on any atom is 0.273 e. The number of amides is 1. The Kier molecular flexibility index (Phi) is 4.59. The molecule has 1 aliphatic rings. The number of nitrogens with zero attached hydrogens (tertiary/aromatic N) is 1. The first-order valence-electron chi connectivity index (χ1n) is 6.12. The molecule has 2 N–H and O–H groups in total. The Morgan fingerprint density at radius 2 is 2.35 bits per heavy atom. The van der Waals surface area contributed by atoms with Gasteiger partial charge in [0.05, 0.1) is 23.7 Å². The Balaban J connectivity index is 1.99. The zero-order valence-electron chi connectivity index (χ0n) is 10.6. The number of rotatable bonds is 4. The smallest absolute Gasteiger partial charge is 0.273 e. The molecule has 0 saturated carbocycles. The lowest BCUT2D eigenvalue weighted by Crippen LogP contribution is -2.45. The predicted octanol–water partition coefficient (Wildman–Crippen LogP) is 0.452. The third-order valence-electron chi connectivity index (χ3n) is 2.85. The number of carbonyl (C=O) groups is 1. The summed E-state index contributed by atoms with van der Waals surface area (Å²) in [6.45, 7) is 2.20. The zero-order chi connectivity index (χ0) is 14.5. The number of nitrogens with one attached hydrogen (secondary N) is 2. The highest BCUT2D eigenvalue weighted by atomic mass is 19.1. The number of non-ortho nitro benzene ring substituents is 1. The van der Waals surface area contributed by atoms with E-state index in [0.717, 1.165) is 24.7 Å². The molecule has 1 heterocycles. The summed E-state index contributed by atoms with van der Waals surface area (Å²) in [5.41, 5.74) is -0.536. The van der Waals surface area contributed by atoms with Gasteiger partial charge in [0.1, 0.15) is 5.82 Å². The molecule has 1 aliphatic heterocycles. The topological polar surface area (TPSA) is 93.5 Å². The summed E-state index contributed by atoms with van der Waals surface area (Å²) >= 11 is 0. The SMILES string of the molecule is O=C(NCC1CNCCO1)c1cc(F)cc([N+](=O)[O-])c1. The molecule has 1 saturated heterocycles. The fourth-order valence-corrected chi connectivity index (χ4v) is 1.87. The van der Waals surface area contributed by atoms with E-state index in [1.807, 2.05) is 0 Å². The molecule has 0 aromatic heterocycles. The second-order valence-corrected chi connectivity index (χ2v) is 4.36. The van der Waals surface area contributed by atoms with Crippen molar-refractivity contribution in [2.75, 3.05) is 26.2 Å². The van der Waals surface area contributed by atoms with E-state index < -0.39 is 22.3 Å². The van der Waals surface area contributed by atoms with Crippen LogP contribution < -0.4 is 10.6 Å². The predicted molar refractivity (Wildman–Crippen MR) is 68.0 cm³/mol. The minimum absolute atomic E-state index is 0.0829. The van der Waals surface area contributed by atoms with Gasteiger partial charge in [0.25, 0.3) is 11.6 Å². The van der Waals surface area contributed by atoms with Crippen LogP contribution in [0.15, 0.2) is 18.2 Å². The van der Waals surface area contributed by atoms with E-state index in [2.05, 4.69) is 10.6 Å². The van der Waals surface area contributed by atoms with Crippen molar-refractivity contribution in [1.82, 2.24) is 10.6 Å². The Morgan fingerprint density at radius 3 is 3.00 bits per heavy atom. The summed E-state index contributed by atoms with van der Waals surface area (Å²) in [7, 11) is 0. The molecule has 0 radical (unpaired) electrons. The molecule has 108 valence electrons. The number of halogens is 1. The lowest BCUT2D eigenvalue weighted by atomic mass is 10.1. The van der Waals surface area contributed by atoms with Gasteiger partial charge in [-0.2, -0.15) is 0 Å². The summed E-state index contributed by atoms with van der Waals surface area (Å²) in [5.74, 6) is -1.39. The molecule has 1 amide bonds. The van der Waals surface area contributed by atoms with Gasteiger partial charge < -0.3 is 15.4 Å². The van der Waals surface area contributed by atoms with Crippen molar-refractivity contribution >= 4 is 11.6 Å². The van der Waals surface area contributed by atoms with Crippen LogP contribution in [0.3, 0.4) is 0 Å². The van der Waals surface area contributed by atoms with E-state index in [1.54, 1.807) is 0 Å². The highest BCUT2D eigenvalue weighted by Crippen LogP contribution is 2.16. The van der Waals surface area contributed by atoms with Crippen LogP contribution in [0, 0.1) is 15.9 Å². The molecule has 7 nitrogen and oxygen atoms in total. The number of nitro groups is 1. The van der Waals surface area contributed by atoms with E-state index in [0.29, 0.717) is 13.2 Å². The standard InChI is InChI=1S/C12H14FN3O4/c13-9-3-8(4-10(5-9)16(18)19)12(17)15-7-11-6-14-1-2-20-11/h3-5,11,14H,1-2,6-7H2,(H,15,17). The molecule has 1 unspecified atom stereocenters. The number of carbonyl (C=O) groups excluding carboxylic acids is 1. The number of hydrogen-bond acceptors (Lipinski definition) is 5. The van der Waals surface area contributed by atoms with Crippen LogP contribution in [0.2, 0.25) is 0 Å². The van der Waals surface area contributed by atoms with Gasteiger partial charge in [0.15, 0.2) is 0 Å². The molecule has 1 aromatic rings. The maximum absolute atomic E-state index is 13.2. The summed E-state index contributed by atoms with van der Waals surface area (Å²) in [5, 5.41) is 16.3. The van der Waals surface area contributed by atoms with E-state index in [9.17, 15) is 19.3 Å². The highest BCUT2D eigenvalue weighted by Gasteiger charge is 2.17. The van der Waals surface area contributed by atoms with Gasteiger partial charge in [-0.1, -0.05) is 0 Å². The van der Waals surface area contributed by atoms with Crippen molar-refractivity contribution in [1.29, 1.82) is 0 Å². The Morgan fingerprint density at radius 1 is 1.55 bits per heavy atom. The molecular formula is C12H14FN3O4. The lowest BCUT2D eigenvalue weighted by molar-refractivity contribution is -0.385. The molecule has 0 aliphatic carbocycles. The van der Waals surface area contributed by atoms with Crippen molar-refractivity contribution in [3.63, 3.8) is 0 Å². The molecule has 2 rings (SSSR count). The molecule has 1 atom stereocenters. The Hall–Kier alpha value is -2.06. The maximum atomic E-state index is 13.2. The van der Waals surface area contributed by atoms with Crippen LogP contribution in [0.1, 0.15) is 10.4 Å². The third-order valence-corrected chi connectivity index (χ3v) is 2.85. The molecule has 8 heteroatoms. The van der Waals surface area contributed by atoms with Crippen LogP contribution in [0.5, 0.6) is 0 Å². The van der Waals surface area contributed by atoms with Gasteiger partial charge in [-0.3, -0.25) is 14.9 Å². The van der Waals surface area contributed by atoms with Gasteiger partial charge in [0.2, 0.25) is 0 Å². The molecule has 1 aromatic carbocycles. The Bertz CT molecular complexity index is 517. The quantitative estimate of drug-likeness (QED) is 0.618.